The van der Waals surface area contributed by atoms with Crippen molar-refractivity contribution in [1.82, 2.24) is 14.9 Å². The van der Waals surface area contributed by atoms with Crippen molar-refractivity contribution in [2.24, 2.45) is 7.05 Å². The molecule has 13 heavy (non-hydrogen) atoms. The first-order valence-electron chi connectivity index (χ1n) is 4.49. The van der Waals surface area contributed by atoms with Gasteiger partial charge in [-0.05, 0) is 0 Å². The Bertz CT molecular complexity index is 235. The molecular weight excluding hydrogens is 166 g/mol. The van der Waals surface area contributed by atoms with Crippen LogP contribution in [-0.2, 0) is 18.2 Å². The Morgan fingerprint density at radius 3 is 3.00 bits per heavy atom. The molecule has 1 heterocycles. The predicted molar refractivity (Wildman–Crippen MR) is 51.7 cm³/mol. The molecule has 1 N–H and O–H groups in total. The largest absolute Gasteiger partial charge is 0.383 e. The Morgan fingerprint density at radius 1 is 1.54 bits per heavy atom. The molecule has 74 valence electrons. The van der Waals surface area contributed by atoms with Gasteiger partial charge in [0.1, 0.15) is 0 Å². The third kappa shape index (κ3) is 3.57. The zero-order chi connectivity index (χ0) is 9.52. The van der Waals surface area contributed by atoms with Gasteiger partial charge in [0.15, 0.2) is 0 Å². The van der Waals surface area contributed by atoms with Crippen molar-refractivity contribution in [1.29, 1.82) is 0 Å². The van der Waals surface area contributed by atoms with Gasteiger partial charge in [-0.15, -0.1) is 0 Å². The molecule has 0 aliphatic carbocycles. The minimum absolute atomic E-state index is 0.769. The molecule has 4 heteroatoms. The van der Waals surface area contributed by atoms with Crippen molar-refractivity contribution in [3.8, 4) is 0 Å². The predicted octanol–water partition coefficient (Wildman–Crippen LogP) is 0.199. The Morgan fingerprint density at radius 2 is 2.38 bits per heavy atom. The summed E-state index contributed by atoms with van der Waals surface area (Å²) >= 11 is 0. The van der Waals surface area contributed by atoms with E-state index >= 15 is 0 Å². The van der Waals surface area contributed by atoms with Gasteiger partial charge in [-0.1, -0.05) is 0 Å². The molecule has 4 nitrogen and oxygen atoms in total. The summed E-state index contributed by atoms with van der Waals surface area (Å²) in [5.41, 5.74) is 1.25. The lowest BCUT2D eigenvalue weighted by atomic mass is 10.3. The van der Waals surface area contributed by atoms with Crippen LogP contribution in [0.5, 0.6) is 0 Å². The van der Waals surface area contributed by atoms with Crippen LogP contribution in [0.3, 0.4) is 0 Å². The van der Waals surface area contributed by atoms with Crippen LogP contribution in [0, 0.1) is 0 Å². The fourth-order valence-electron chi connectivity index (χ4n) is 1.14. The lowest BCUT2D eigenvalue weighted by Gasteiger charge is -2.04. The van der Waals surface area contributed by atoms with E-state index in [1.54, 1.807) is 7.11 Å². The topological polar surface area (TPSA) is 39.1 Å². The number of aryl methyl sites for hydroxylation is 1. The maximum absolute atomic E-state index is 4.92. The average Bonchev–Trinajstić information content (AvgIpc) is 2.52. The molecule has 0 aliphatic rings. The molecule has 0 bridgehead atoms. The van der Waals surface area contributed by atoms with E-state index in [0.29, 0.717) is 0 Å². The molecule has 0 aromatic carbocycles. The van der Waals surface area contributed by atoms with Crippen molar-refractivity contribution in [2.45, 2.75) is 6.42 Å². The first kappa shape index (κ1) is 10.2. The van der Waals surface area contributed by atoms with Gasteiger partial charge in [0, 0.05) is 45.6 Å². The van der Waals surface area contributed by atoms with Crippen LogP contribution in [0.1, 0.15) is 5.69 Å². The molecule has 0 saturated carbocycles. The third-order valence-corrected chi connectivity index (χ3v) is 1.96. The van der Waals surface area contributed by atoms with Gasteiger partial charge in [-0.25, -0.2) is 4.98 Å². The highest BCUT2D eigenvalue weighted by Crippen LogP contribution is 1.95. The van der Waals surface area contributed by atoms with Crippen LogP contribution in [0.2, 0.25) is 0 Å². The molecule has 0 aliphatic heterocycles. The molecule has 0 atom stereocenters. The van der Waals surface area contributed by atoms with E-state index in [0.717, 1.165) is 26.1 Å². The Balaban J connectivity index is 2.10. The Hall–Kier alpha value is -0.870. The highest BCUT2D eigenvalue weighted by atomic mass is 16.5. The van der Waals surface area contributed by atoms with Crippen molar-refractivity contribution in [2.75, 3.05) is 26.8 Å². The number of hydrogen-bond acceptors (Lipinski definition) is 3. The number of ether oxygens (including phenoxy) is 1. The Labute approximate surface area is 78.9 Å². The summed E-state index contributed by atoms with van der Waals surface area (Å²) in [6.45, 7) is 2.66. The van der Waals surface area contributed by atoms with Crippen LogP contribution in [0.25, 0.3) is 0 Å². The number of nitrogens with zero attached hydrogens (tertiary/aromatic N) is 2. The summed E-state index contributed by atoms with van der Waals surface area (Å²) in [5, 5.41) is 3.29. The molecule has 1 rings (SSSR count). The van der Waals surface area contributed by atoms with E-state index in [1.165, 1.54) is 5.69 Å². The molecule has 0 fully saturated rings. The second-order valence-corrected chi connectivity index (χ2v) is 2.99. The van der Waals surface area contributed by atoms with Gasteiger partial charge in [-0.3, -0.25) is 0 Å². The average molecular weight is 183 g/mol. The Kier molecular flexibility index (Phi) is 4.49. The number of hydrogen-bond donors (Lipinski definition) is 1. The molecule has 0 saturated heterocycles. The standard InChI is InChI=1S/C9H17N3O/c1-12-8-11-7-9(12)3-4-10-5-6-13-2/h7-8,10H,3-6H2,1-2H3. The lowest BCUT2D eigenvalue weighted by Crippen LogP contribution is -2.22. The van der Waals surface area contributed by atoms with Crippen molar-refractivity contribution in [3.05, 3.63) is 18.2 Å². The molecular formula is C9H17N3O. The summed E-state index contributed by atoms with van der Waals surface area (Å²) in [6.07, 6.45) is 4.74. The zero-order valence-corrected chi connectivity index (χ0v) is 8.29. The van der Waals surface area contributed by atoms with Gasteiger partial charge < -0.3 is 14.6 Å². The summed E-state index contributed by atoms with van der Waals surface area (Å²) in [6, 6.07) is 0. The van der Waals surface area contributed by atoms with E-state index in [1.807, 2.05) is 24.1 Å². The smallest absolute Gasteiger partial charge is 0.0945 e. The van der Waals surface area contributed by atoms with Crippen LogP contribution in [0.15, 0.2) is 12.5 Å². The maximum Gasteiger partial charge on any atom is 0.0945 e. The van der Waals surface area contributed by atoms with Crippen molar-refractivity contribution in [3.63, 3.8) is 0 Å². The highest BCUT2D eigenvalue weighted by molar-refractivity contribution is 4.97. The van der Waals surface area contributed by atoms with Gasteiger partial charge in [-0.2, -0.15) is 0 Å². The first-order chi connectivity index (χ1) is 6.34. The number of nitrogens with one attached hydrogen (secondary N) is 1. The van der Waals surface area contributed by atoms with Gasteiger partial charge in [0.05, 0.1) is 12.9 Å². The third-order valence-electron chi connectivity index (χ3n) is 1.96. The maximum atomic E-state index is 4.92. The number of rotatable bonds is 6. The van der Waals surface area contributed by atoms with Crippen LogP contribution in [-0.4, -0.2) is 36.4 Å². The van der Waals surface area contributed by atoms with Gasteiger partial charge in [0.25, 0.3) is 0 Å². The van der Waals surface area contributed by atoms with E-state index < -0.39 is 0 Å². The highest BCUT2D eigenvalue weighted by Gasteiger charge is 1.96. The summed E-state index contributed by atoms with van der Waals surface area (Å²) in [7, 11) is 3.72. The van der Waals surface area contributed by atoms with Crippen molar-refractivity contribution >= 4 is 0 Å². The molecule has 0 amide bonds. The van der Waals surface area contributed by atoms with Gasteiger partial charge in [0.2, 0.25) is 0 Å². The normalized spacial score (nSPS) is 10.6. The second-order valence-electron chi connectivity index (χ2n) is 2.99. The molecule has 0 radical (unpaired) electrons. The number of imidazole rings is 1. The van der Waals surface area contributed by atoms with Crippen molar-refractivity contribution < 1.29 is 4.74 Å². The van der Waals surface area contributed by atoms with E-state index in [-0.39, 0.29) is 0 Å². The fraction of sp³-hybridized carbons (Fsp3) is 0.667. The van der Waals surface area contributed by atoms with Crippen LogP contribution in [0.4, 0.5) is 0 Å². The van der Waals surface area contributed by atoms with Crippen LogP contribution >= 0.6 is 0 Å². The van der Waals surface area contributed by atoms with E-state index in [9.17, 15) is 0 Å². The number of methoxy groups -OCH3 is 1. The first-order valence-corrected chi connectivity index (χ1v) is 4.49. The monoisotopic (exact) mass is 183 g/mol. The van der Waals surface area contributed by atoms with Crippen LogP contribution < -0.4 is 5.32 Å². The molecule has 0 unspecified atom stereocenters. The molecule has 1 aromatic heterocycles. The molecule has 0 spiro atoms. The second kappa shape index (κ2) is 5.72. The van der Waals surface area contributed by atoms with E-state index in [2.05, 4.69) is 10.3 Å². The zero-order valence-electron chi connectivity index (χ0n) is 8.29. The molecule has 1 aromatic rings. The quantitative estimate of drug-likeness (QED) is 0.640. The summed E-state index contributed by atoms with van der Waals surface area (Å²) in [4.78, 5) is 4.05. The summed E-state index contributed by atoms with van der Waals surface area (Å²) in [5.74, 6) is 0. The minimum atomic E-state index is 0.769. The van der Waals surface area contributed by atoms with E-state index in [4.69, 9.17) is 4.74 Å². The number of aromatic nitrogens is 2. The van der Waals surface area contributed by atoms with Gasteiger partial charge >= 0.3 is 0 Å². The lowest BCUT2D eigenvalue weighted by molar-refractivity contribution is 0.199. The fourth-order valence-corrected chi connectivity index (χ4v) is 1.14. The summed E-state index contributed by atoms with van der Waals surface area (Å²) < 4.78 is 6.96. The minimum Gasteiger partial charge on any atom is -0.383 e. The SMILES string of the molecule is COCCNCCc1cncn1C.